The Labute approximate surface area is 183 Å². The molecule has 29 heavy (non-hydrogen) atoms. The van der Waals surface area contributed by atoms with E-state index in [9.17, 15) is 0 Å². The highest BCUT2D eigenvalue weighted by atomic mass is 35.5. The molecular weight excluding hydrogens is 406 g/mol. The third-order valence-electron chi connectivity index (χ3n) is 4.59. The molecule has 0 saturated heterocycles. The van der Waals surface area contributed by atoms with Gasteiger partial charge < -0.3 is 20.4 Å². The summed E-state index contributed by atoms with van der Waals surface area (Å²) < 4.78 is 0. The molecule has 0 saturated carbocycles. The Hall–Kier alpha value is -2.19. The van der Waals surface area contributed by atoms with E-state index in [0.717, 1.165) is 37.4 Å². The Balaban J connectivity index is 2.16. The number of halogens is 1. The number of anilines is 3. The van der Waals surface area contributed by atoms with Crippen molar-refractivity contribution in [2.75, 3.05) is 41.3 Å². The lowest BCUT2D eigenvalue weighted by atomic mass is 10.2. The molecule has 0 aliphatic rings. The van der Waals surface area contributed by atoms with E-state index in [2.05, 4.69) is 63.1 Å². The number of nitrogens with one attached hydrogen (secondary N) is 2. The van der Waals surface area contributed by atoms with Gasteiger partial charge in [0.05, 0.1) is 6.54 Å². The summed E-state index contributed by atoms with van der Waals surface area (Å²) in [6.45, 7) is 14.1. The quantitative estimate of drug-likeness (QED) is 0.572. The molecule has 2 aromatic rings. The molecule has 1 heterocycles. The zero-order valence-corrected chi connectivity index (χ0v) is 19.4. The van der Waals surface area contributed by atoms with E-state index >= 15 is 0 Å². The van der Waals surface area contributed by atoms with Gasteiger partial charge in [-0.15, -0.1) is 0 Å². The topological polar surface area (TPSA) is 69.2 Å². The molecule has 2 N–H and O–H groups in total. The van der Waals surface area contributed by atoms with E-state index in [1.807, 2.05) is 25.1 Å². The molecule has 2 rings (SSSR count). The van der Waals surface area contributed by atoms with Gasteiger partial charge in [-0.25, -0.2) is 0 Å². The highest BCUT2D eigenvalue weighted by Crippen LogP contribution is 2.19. The summed E-state index contributed by atoms with van der Waals surface area (Å²) in [6.07, 6.45) is 0. The van der Waals surface area contributed by atoms with Crippen LogP contribution in [0.5, 0.6) is 0 Å². The number of hydrogen-bond donors (Lipinski definition) is 2. The van der Waals surface area contributed by atoms with Gasteiger partial charge in [0.2, 0.25) is 11.9 Å². The monoisotopic (exact) mass is 435 g/mol. The molecule has 0 amide bonds. The van der Waals surface area contributed by atoms with Crippen LogP contribution in [0.15, 0.2) is 18.2 Å². The van der Waals surface area contributed by atoms with E-state index < -0.39 is 0 Å². The van der Waals surface area contributed by atoms with Crippen LogP contribution in [0.3, 0.4) is 0 Å². The first-order valence-corrected chi connectivity index (χ1v) is 10.8. The van der Waals surface area contributed by atoms with Gasteiger partial charge >= 0.3 is 0 Å². The van der Waals surface area contributed by atoms with Crippen LogP contribution in [0, 0.1) is 6.92 Å². The number of rotatable bonds is 9. The van der Waals surface area contributed by atoms with Crippen molar-refractivity contribution >= 4 is 46.5 Å². The summed E-state index contributed by atoms with van der Waals surface area (Å²) in [5, 5.41) is 7.59. The lowest BCUT2D eigenvalue weighted by Crippen LogP contribution is -2.32. The van der Waals surface area contributed by atoms with E-state index in [1.54, 1.807) is 0 Å². The second kappa shape index (κ2) is 11.1. The first-order valence-electron chi connectivity index (χ1n) is 9.97. The number of nitrogens with zero attached hydrogens (tertiary/aromatic N) is 5. The maximum atomic E-state index is 6.02. The van der Waals surface area contributed by atoms with Crippen molar-refractivity contribution in [3.05, 3.63) is 34.6 Å². The lowest BCUT2D eigenvalue weighted by molar-refractivity contribution is 0.737. The Kier molecular flexibility index (Phi) is 8.85. The third-order valence-corrected chi connectivity index (χ3v) is 5.08. The first-order chi connectivity index (χ1) is 13.9. The van der Waals surface area contributed by atoms with Gasteiger partial charge in [0.15, 0.2) is 10.9 Å². The van der Waals surface area contributed by atoms with Crippen molar-refractivity contribution in [1.29, 1.82) is 0 Å². The number of aromatic nitrogens is 3. The molecule has 0 fully saturated rings. The number of thiocarbonyl (C=S) groups is 1. The zero-order chi connectivity index (χ0) is 21.4. The van der Waals surface area contributed by atoms with Crippen LogP contribution in [0.2, 0.25) is 5.02 Å². The first kappa shape index (κ1) is 23.1. The molecule has 0 spiro atoms. The van der Waals surface area contributed by atoms with Crippen LogP contribution in [-0.4, -0.2) is 46.2 Å². The minimum Gasteiger partial charge on any atom is -0.355 e. The molecule has 1 aromatic carbocycles. The fraction of sp³-hybridized carbons (Fsp3) is 0.500. The van der Waals surface area contributed by atoms with Crippen molar-refractivity contribution in [2.24, 2.45) is 0 Å². The van der Waals surface area contributed by atoms with E-state index in [0.29, 0.717) is 34.4 Å². The summed E-state index contributed by atoms with van der Waals surface area (Å²) in [4.78, 5) is 18.2. The molecule has 0 atom stereocenters. The maximum absolute atomic E-state index is 6.02. The van der Waals surface area contributed by atoms with Crippen LogP contribution in [0.25, 0.3) is 0 Å². The zero-order valence-electron chi connectivity index (χ0n) is 17.8. The summed E-state index contributed by atoms with van der Waals surface area (Å²) >= 11 is 11.5. The highest BCUT2D eigenvalue weighted by molar-refractivity contribution is 7.80. The molecule has 0 bridgehead atoms. The minimum atomic E-state index is 0.406. The van der Waals surface area contributed by atoms with Gasteiger partial charge in [-0.3, -0.25) is 0 Å². The number of benzene rings is 1. The van der Waals surface area contributed by atoms with Crippen molar-refractivity contribution in [3.63, 3.8) is 0 Å². The molecule has 0 aliphatic heterocycles. The van der Waals surface area contributed by atoms with Gasteiger partial charge in [-0.1, -0.05) is 11.6 Å². The van der Waals surface area contributed by atoms with Crippen molar-refractivity contribution in [2.45, 2.75) is 41.2 Å². The Morgan fingerprint density at radius 2 is 1.52 bits per heavy atom. The fourth-order valence-corrected chi connectivity index (χ4v) is 3.27. The van der Waals surface area contributed by atoms with Crippen LogP contribution in [-0.2, 0) is 6.54 Å². The van der Waals surface area contributed by atoms with Crippen LogP contribution >= 0.6 is 23.8 Å². The molecular formula is C20H30ClN7S. The predicted molar refractivity (Wildman–Crippen MR) is 126 cm³/mol. The molecule has 0 radical (unpaired) electrons. The second-order valence-corrected chi connectivity index (χ2v) is 7.31. The number of aryl methyl sites for hydroxylation is 1. The fourth-order valence-electron chi connectivity index (χ4n) is 2.86. The van der Waals surface area contributed by atoms with Crippen LogP contribution in [0.4, 0.5) is 17.6 Å². The highest BCUT2D eigenvalue weighted by Gasteiger charge is 2.14. The maximum Gasteiger partial charge on any atom is 0.230 e. The van der Waals surface area contributed by atoms with Gasteiger partial charge in [0, 0.05) is 36.9 Å². The SMILES string of the molecule is CCN(CC)c1nc(CNC(=S)Nc2ccc(Cl)cc2C)nc(N(CC)CC)n1. The largest absolute Gasteiger partial charge is 0.355 e. The van der Waals surface area contributed by atoms with E-state index in [1.165, 1.54) is 0 Å². The molecule has 158 valence electrons. The minimum absolute atomic E-state index is 0.406. The predicted octanol–water partition coefficient (Wildman–Crippen LogP) is 4.01. The molecule has 9 heteroatoms. The van der Waals surface area contributed by atoms with E-state index in [-0.39, 0.29) is 0 Å². The lowest BCUT2D eigenvalue weighted by Gasteiger charge is -2.23. The summed E-state index contributed by atoms with van der Waals surface area (Å²) in [7, 11) is 0. The smallest absolute Gasteiger partial charge is 0.230 e. The van der Waals surface area contributed by atoms with Crippen molar-refractivity contribution in [1.82, 2.24) is 20.3 Å². The van der Waals surface area contributed by atoms with Crippen molar-refractivity contribution < 1.29 is 0 Å². The van der Waals surface area contributed by atoms with Gasteiger partial charge in [0.25, 0.3) is 0 Å². The normalized spacial score (nSPS) is 10.6. The van der Waals surface area contributed by atoms with E-state index in [4.69, 9.17) is 23.8 Å². The summed E-state index contributed by atoms with van der Waals surface area (Å²) in [6, 6.07) is 5.63. The standard InChI is InChI=1S/C20H30ClN7S/c1-6-27(7-2)18-24-17(25-19(26-18)28(8-3)9-4)13-22-20(29)23-16-11-10-15(21)12-14(16)5/h10-12H,6-9,13H2,1-5H3,(H2,22,23,29). The summed E-state index contributed by atoms with van der Waals surface area (Å²) in [5.74, 6) is 2.04. The molecule has 1 aromatic heterocycles. The Morgan fingerprint density at radius 3 is 2.00 bits per heavy atom. The molecule has 0 aliphatic carbocycles. The number of hydrogen-bond acceptors (Lipinski definition) is 6. The Morgan fingerprint density at radius 1 is 0.966 bits per heavy atom. The molecule has 7 nitrogen and oxygen atoms in total. The Bertz CT molecular complexity index is 792. The average molecular weight is 436 g/mol. The van der Waals surface area contributed by atoms with Gasteiger partial charge in [-0.2, -0.15) is 15.0 Å². The second-order valence-electron chi connectivity index (χ2n) is 6.46. The summed E-state index contributed by atoms with van der Waals surface area (Å²) in [5.41, 5.74) is 1.93. The third kappa shape index (κ3) is 6.40. The molecule has 0 unspecified atom stereocenters. The van der Waals surface area contributed by atoms with Gasteiger partial charge in [0.1, 0.15) is 0 Å². The average Bonchev–Trinajstić information content (AvgIpc) is 2.70. The van der Waals surface area contributed by atoms with Crippen LogP contribution in [0.1, 0.15) is 39.1 Å². The van der Waals surface area contributed by atoms with Crippen molar-refractivity contribution in [3.8, 4) is 0 Å². The van der Waals surface area contributed by atoms with Crippen LogP contribution < -0.4 is 20.4 Å². The van der Waals surface area contributed by atoms with Gasteiger partial charge in [-0.05, 0) is 70.6 Å².